The number of ether oxygens (including phenoxy) is 2. The third-order valence-corrected chi connectivity index (χ3v) is 2.93. The lowest BCUT2D eigenvalue weighted by molar-refractivity contribution is -0.153. The van der Waals surface area contributed by atoms with Crippen LogP contribution in [0.5, 0.6) is 0 Å². The quantitative estimate of drug-likeness (QED) is 0.717. The molecule has 1 amide bonds. The van der Waals surface area contributed by atoms with Crippen LogP contribution in [0.4, 0.5) is 10.5 Å². The van der Waals surface area contributed by atoms with E-state index < -0.39 is 23.3 Å². The highest BCUT2D eigenvalue weighted by atomic mass is 79.9. The number of hydrogen-bond acceptors (Lipinski definition) is 4. The van der Waals surface area contributed by atoms with E-state index in [2.05, 4.69) is 15.9 Å². The SMILES string of the molecule is CC(C)(C)OC(=O)CN(C(=O)OC(C)(C)C)c1cccc(Br)c1. The van der Waals surface area contributed by atoms with E-state index in [9.17, 15) is 9.59 Å². The van der Waals surface area contributed by atoms with Crippen molar-refractivity contribution in [2.45, 2.75) is 52.7 Å². The summed E-state index contributed by atoms with van der Waals surface area (Å²) in [5, 5.41) is 0. The maximum atomic E-state index is 12.5. The summed E-state index contributed by atoms with van der Waals surface area (Å²) < 4.78 is 11.5. The fourth-order valence-corrected chi connectivity index (χ4v) is 2.11. The molecule has 0 aliphatic rings. The van der Waals surface area contributed by atoms with Gasteiger partial charge in [0.25, 0.3) is 0 Å². The zero-order valence-corrected chi connectivity index (χ0v) is 16.1. The standard InChI is InChI=1S/C17H24BrNO4/c1-16(2,3)22-14(20)11-19(15(21)23-17(4,5)6)13-9-7-8-12(18)10-13/h7-10H,11H2,1-6H3. The first kappa shape index (κ1) is 19.5. The summed E-state index contributed by atoms with van der Waals surface area (Å²) in [6.45, 7) is 10.4. The van der Waals surface area contributed by atoms with Crippen LogP contribution < -0.4 is 4.90 Å². The molecule has 0 radical (unpaired) electrons. The van der Waals surface area contributed by atoms with E-state index in [-0.39, 0.29) is 6.54 Å². The average Bonchev–Trinajstić information content (AvgIpc) is 2.31. The van der Waals surface area contributed by atoms with Gasteiger partial charge in [-0.3, -0.25) is 9.69 Å². The highest BCUT2D eigenvalue weighted by Crippen LogP contribution is 2.22. The van der Waals surface area contributed by atoms with Crippen molar-refractivity contribution in [3.05, 3.63) is 28.7 Å². The number of amides is 1. The first-order valence-electron chi connectivity index (χ1n) is 7.35. The monoisotopic (exact) mass is 385 g/mol. The van der Waals surface area contributed by atoms with E-state index in [0.29, 0.717) is 5.69 Å². The molecule has 0 atom stereocenters. The molecule has 23 heavy (non-hydrogen) atoms. The molecule has 128 valence electrons. The number of carbonyl (C=O) groups is 2. The van der Waals surface area contributed by atoms with Crippen LogP contribution in [-0.2, 0) is 14.3 Å². The molecule has 0 aliphatic carbocycles. The van der Waals surface area contributed by atoms with Gasteiger partial charge in [-0.05, 0) is 59.7 Å². The second-order valence-corrected chi connectivity index (χ2v) is 8.05. The van der Waals surface area contributed by atoms with Gasteiger partial charge < -0.3 is 9.47 Å². The molecule has 0 fully saturated rings. The molecule has 0 aromatic heterocycles. The smallest absolute Gasteiger partial charge is 0.415 e. The lowest BCUT2D eigenvalue weighted by Crippen LogP contribution is -2.41. The zero-order valence-electron chi connectivity index (χ0n) is 14.5. The minimum absolute atomic E-state index is 0.220. The Kier molecular flexibility index (Phi) is 6.22. The first-order chi connectivity index (χ1) is 10.4. The van der Waals surface area contributed by atoms with Crippen molar-refractivity contribution in [3.63, 3.8) is 0 Å². The molecular weight excluding hydrogens is 362 g/mol. The number of esters is 1. The molecule has 0 aliphatic heterocycles. The molecule has 0 N–H and O–H groups in total. The summed E-state index contributed by atoms with van der Waals surface area (Å²) in [6, 6.07) is 7.10. The normalized spacial score (nSPS) is 11.8. The van der Waals surface area contributed by atoms with E-state index in [1.807, 2.05) is 6.07 Å². The number of rotatable bonds is 3. The summed E-state index contributed by atoms with van der Waals surface area (Å²) in [7, 11) is 0. The first-order valence-corrected chi connectivity index (χ1v) is 8.15. The second kappa shape index (κ2) is 7.34. The van der Waals surface area contributed by atoms with Gasteiger partial charge in [-0.15, -0.1) is 0 Å². The molecular formula is C17H24BrNO4. The van der Waals surface area contributed by atoms with E-state index in [0.717, 1.165) is 4.47 Å². The highest BCUT2D eigenvalue weighted by Gasteiger charge is 2.27. The van der Waals surface area contributed by atoms with Gasteiger partial charge in [0, 0.05) is 10.2 Å². The number of benzene rings is 1. The lowest BCUT2D eigenvalue weighted by atomic mass is 10.2. The van der Waals surface area contributed by atoms with Crippen LogP contribution >= 0.6 is 15.9 Å². The van der Waals surface area contributed by atoms with Crippen molar-refractivity contribution in [1.82, 2.24) is 0 Å². The van der Waals surface area contributed by atoms with Gasteiger partial charge in [-0.1, -0.05) is 22.0 Å². The molecule has 0 spiro atoms. The molecule has 0 saturated carbocycles. The van der Waals surface area contributed by atoms with Gasteiger partial charge >= 0.3 is 12.1 Å². The Bertz CT molecular complexity index is 573. The van der Waals surface area contributed by atoms with E-state index in [1.54, 1.807) is 59.7 Å². The van der Waals surface area contributed by atoms with E-state index in [1.165, 1.54) is 4.90 Å². The Hall–Kier alpha value is -1.56. The Morgan fingerprint density at radius 1 is 1.04 bits per heavy atom. The van der Waals surface area contributed by atoms with Crippen molar-refractivity contribution in [2.24, 2.45) is 0 Å². The van der Waals surface area contributed by atoms with Gasteiger partial charge in [0.2, 0.25) is 0 Å². The topological polar surface area (TPSA) is 55.8 Å². The third kappa shape index (κ3) is 7.50. The molecule has 0 unspecified atom stereocenters. The van der Waals surface area contributed by atoms with Gasteiger partial charge in [-0.2, -0.15) is 0 Å². The number of carbonyl (C=O) groups excluding carboxylic acids is 2. The minimum atomic E-state index is -0.657. The summed E-state index contributed by atoms with van der Waals surface area (Å²) in [5.41, 5.74) is -0.719. The fourth-order valence-electron chi connectivity index (χ4n) is 1.73. The van der Waals surface area contributed by atoms with Crippen LogP contribution in [0.25, 0.3) is 0 Å². The molecule has 1 rings (SSSR count). The maximum Gasteiger partial charge on any atom is 0.415 e. The summed E-state index contributed by atoms with van der Waals surface area (Å²) >= 11 is 3.36. The summed E-state index contributed by atoms with van der Waals surface area (Å²) in [5.74, 6) is -0.497. The van der Waals surface area contributed by atoms with Gasteiger partial charge in [0.05, 0.1) is 0 Å². The van der Waals surface area contributed by atoms with Crippen LogP contribution in [0, 0.1) is 0 Å². The Labute approximate surface area is 146 Å². The third-order valence-electron chi connectivity index (χ3n) is 2.44. The molecule has 0 saturated heterocycles. The van der Waals surface area contributed by atoms with Crippen molar-refractivity contribution < 1.29 is 19.1 Å². The molecule has 0 heterocycles. The second-order valence-electron chi connectivity index (χ2n) is 7.13. The summed E-state index contributed by atoms with van der Waals surface area (Å²) in [4.78, 5) is 25.8. The van der Waals surface area contributed by atoms with Crippen LogP contribution in [0.2, 0.25) is 0 Å². The van der Waals surface area contributed by atoms with Crippen LogP contribution in [0.3, 0.4) is 0 Å². The Balaban J connectivity index is 3.02. The van der Waals surface area contributed by atoms with E-state index in [4.69, 9.17) is 9.47 Å². The van der Waals surface area contributed by atoms with Crippen molar-refractivity contribution in [3.8, 4) is 0 Å². The molecule has 1 aromatic rings. The van der Waals surface area contributed by atoms with Gasteiger partial charge in [0.1, 0.15) is 17.7 Å². The Morgan fingerprint density at radius 2 is 1.61 bits per heavy atom. The highest BCUT2D eigenvalue weighted by molar-refractivity contribution is 9.10. The van der Waals surface area contributed by atoms with E-state index >= 15 is 0 Å². The predicted molar refractivity (Wildman–Crippen MR) is 93.6 cm³/mol. The van der Waals surface area contributed by atoms with Gasteiger partial charge in [-0.25, -0.2) is 4.79 Å². The maximum absolute atomic E-state index is 12.5. The minimum Gasteiger partial charge on any atom is -0.459 e. The van der Waals surface area contributed by atoms with Crippen LogP contribution in [0.15, 0.2) is 28.7 Å². The fraction of sp³-hybridized carbons (Fsp3) is 0.529. The van der Waals surface area contributed by atoms with Gasteiger partial charge in [0.15, 0.2) is 0 Å². The van der Waals surface area contributed by atoms with Crippen molar-refractivity contribution >= 4 is 33.7 Å². The number of halogens is 1. The number of nitrogens with zero attached hydrogens (tertiary/aromatic N) is 1. The largest absolute Gasteiger partial charge is 0.459 e. The number of anilines is 1. The molecule has 6 heteroatoms. The van der Waals surface area contributed by atoms with Crippen molar-refractivity contribution in [1.29, 1.82) is 0 Å². The van der Waals surface area contributed by atoms with Crippen LogP contribution in [0.1, 0.15) is 41.5 Å². The molecule has 0 bridgehead atoms. The average molecular weight is 386 g/mol. The summed E-state index contributed by atoms with van der Waals surface area (Å²) in [6.07, 6.45) is -0.596. The van der Waals surface area contributed by atoms with Crippen molar-refractivity contribution in [2.75, 3.05) is 11.4 Å². The molecule has 1 aromatic carbocycles. The number of hydrogen-bond donors (Lipinski definition) is 0. The lowest BCUT2D eigenvalue weighted by Gasteiger charge is -2.28. The Morgan fingerprint density at radius 3 is 2.09 bits per heavy atom. The molecule has 5 nitrogen and oxygen atoms in total. The zero-order chi connectivity index (χ0) is 17.8. The predicted octanol–water partition coefficient (Wildman–Crippen LogP) is 4.53. The van der Waals surface area contributed by atoms with Crippen LogP contribution in [-0.4, -0.2) is 29.8 Å².